The van der Waals surface area contributed by atoms with Crippen molar-refractivity contribution in [3.8, 4) is 0 Å². The van der Waals surface area contributed by atoms with Gasteiger partial charge in [0.05, 0.1) is 5.69 Å². The van der Waals surface area contributed by atoms with Crippen molar-refractivity contribution < 1.29 is 0 Å². The second-order valence-electron chi connectivity index (χ2n) is 7.07. The topological polar surface area (TPSA) is 54.7 Å². The van der Waals surface area contributed by atoms with Gasteiger partial charge in [0.15, 0.2) is 0 Å². The molecule has 0 fully saturated rings. The molecule has 134 valence electrons. The Balaban J connectivity index is 1.82. The summed E-state index contributed by atoms with van der Waals surface area (Å²) in [5.41, 5.74) is 6.88. The van der Waals surface area contributed by atoms with E-state index in [1.54, 1.807) is 0 Å². The fraction of sp³-hybridized carbons (Fsp3) is 0.850. The largest absolute Gasteiger partial charge is 0.345 e. The van der Waals surface area contributed by atoms with Gasteiger partial charge in [0.2, 0.25) is 0 Å². The lowest BCUT2D eigenvalue weighted by Gasteiger charge is -2.03. The van der Waals surface area contributed by atoms with Gasteiger partial charge in [0.1, 0.15) is 5.82 Å². The number of H-pyrrole nitrogens is 1. The van der Waals surface area contributed by atoms with Crippen LogP contribution in [-0.4, -0.2) is 9.97 Å². The summed E-state index contributed by atoms with van der Waals surface area (Å²) in [6.45, 7) is 4.27. The molecule has 0 saturated carbocycles. The third kappa shape index (κ3) is 10.5. The van der Waals surface area contributed by atoms with Crippen LogP contribution in [0.25, 0.3) is 0 Å². The van der Waals surface area contributed by atoms with Crippen molar-refractivity contribution in [2.24, 2.45) is 5.73 Å². The van der Waals surface area contributed by atoms with E-state index in [-0.39, 0.29) is 6.04 Å². The minimum atomic E-state index is 0.0582. The van der Waals surface area contributed by atoms with Crippen LogP contribution in [0.4, 0.5) is 0 Å². The predicted molar refractivity (Wildman–Crippen MR) is 101 cm³/mol. The Kier molecular flexibility index (Phi) is 11.9. The summed E-state index contributed by atoms with van der Waals surface area (Å²) in [5, 5.41) is 0. The molecule has 23 heavy (non-hydrogen) atoms. The second-order valence-corrected chi connectivity index (χ2v) is 7.07. The smallest absolute Gasteiger partial charge is 0.106 e. The second kappa shape index (κ2) is 13.6. The van der Waals surface area contributed by atoms with Crippen molar-refractivity contribution in [1.82, 2.24) is 9.97 Å². The number of nitrogens with zero attached hydrogens (tertiary/aromatic N) is 1. The first kappa shape index (κ1) is 20.2. The fourth-order valence-corrected chi connectivity index (χ4v) is 3.05. The molecule has 1 heterocycles. The molecule has 0 bridgehead atoms. The third-order valence-corrected chi connectivity index (χ3v) is 4.66. The quantitative estimate of drug-likeness (QED) is 0.386. The normalized spacial score (nSPS) is 12.7. The molecule has 0 aromatic carbocycles. The van der Waals surface area contributed by atoms with E-state index in [4.69, 9.17) is 5.73 Å². The average molecular weight is 322 g/mol. The zero-order valence-corrected chi connectivity index (χ0v) is 15.6. The highest BCUT2D eigenvalue weighted by atomic mass is 14.9. The zero-order valence-electron chi connectivity index (χ0n) is 15.6. The van der Waals surface area contributed by atoms with E-state index in [0.29, 0.717) is 0 Å². The van der Waals surface area contributed by atoms with E-state index >= 15 is 0 Å². The lowest BCUT2D eigenvalue weighted by atomic mass is 10.0. The molecule has 0 radical (unpaired) electrons. The van der Waals surface area contributed by atoms with Crippen molar-refractivity contribution in [1.29, 1.82) is 0 Å². The Morgan fingerprint density at radius 2 is 1.35 bits per heavy atom. The highest BCUT2D eigenvalue weighted by molar-refractivity contribution is 5.04. The number of imidazole rings is 1. The Hall–Kier alpha value is -0.830. The summed E-state index contributed by atoms with van der Waals surface area (Å²) in [4.78, 5) is 7.72. The van der Waals surface area contributed by atoms with Crippen LogP contribution in [0.5, 0.6) is 0 Å². The van der Waals surface area contributed by atoms with Crippen LogP contribution in [-0.2, 0) is 6.42 Å². The van der Waals surface area contributed by atoms with Gasteiger partial charge in [-0.1, -0.05) is 84.0 Å². The summed E-state index contributed by atoms with van der Waals surface area (Å²) in [6, 6.07) is 0.0582. The number of hydrogen-bond donors (Lipinski definition) is 2. The summed E-state index contributed by atoms with van der Waals surface area (Å²) in [6.07, 6.45) is 21.1. The lowest BCUT2D eigenvalue weighted by Crippen LogP contribution is -2.05. The van der Waals surface area contributed by atoms with Gasteiger partial charge in [0, 0.05) is 18.7 Å². The number of hydrogen-bond acceptors (Lipinski definition) is 2. The van der Waals surface area contributed by atoms with Crippen LogP contribution >= 0.6 is 0 Å². The first-order chi connectivity index (χ1) is 11.2. The summed E-state index contributed by atoms with van der Waals surface area (Å²) in [5.74, 6) is 1.10. The van der Waals surface area contributed by atoms with E-state index in [0.717, 1.165) is 17.9 Å². The summed E-state index contributed by atoms with van der Waals surface area (Å²) in [7, 11) is 0. The van der Waals surface area contributed by atoms with E-state index in [9.17, 15) is 0 Å². The highest BCUT2D eigenvalue weighted by Crippen LogP contribution is 2.13. The SMILES string of the molecule is CCCCCCCCCCCCCCCc1ncc(C(C)N)[nH]1. The van der Waals surface area contributed by atoms with Gasteiger partial charge in [-0.05, 0) is 13.3 Å². The zero-order chi connectivity index (χ0) is 16.8. The minimum absolute atomic E-state index is 0.0582. The first-order valence-electron chi connectivity index (χ1n) is 10.0. The molecule has 1 unspecified atom stereocenters. The predicted octanol–water partition coefficient (Wildman–Crippen LogP) is 6.06. The first-order valence-corrected chi connectivity index (χ1v) is 10.0. The van der Waals surface area contributed by atoms with Gasteiger partial charge in [-0.2, -0.15) is 0 Å². The molecule has 1 atom stereocenters. The molecule has 1 rings (SSSR count). The van der Waals surface area contributed by atoms with Crippen molar-refractivity contribution in [3.63, 3.8) is 0 Å². The summed E-state index contributed by atoms with van der Waals surface area (Å²) >= 11 is 0. The standard InChI is InChI=1S/C20H39N3/c1-3-4-5-6-7-8-9-10-11-12-13-14-15-16-20-22-17-19(23-20)18(2)21/h17-18H,3-16,21H2,1-2H3,(H,22,23). The number of aromatic nitrogens is 2. The van der Waals surface area contributed by atoms with E-state index in [2.05, 4.69) is 16.9 Å². The van der Waals surface area contributed by atoms with Crippen LogP contribution in [0.2, 0.25) is 0 Å². The van der Waals surface area contributed by atoms with Gasteiger partial charge in [-0.25, -0.2) is 4.98 Å². The van der Waals surface area contributed by atoms with Gasteiger partial charge < -0.3 is 10.7 Å². The maximum Gasteiger partial charge on any atom is 0.106 e. The molecule has 1 aromatic heterocycles. The van der Waals surface area contributed by atoms with Gasteiger partial charge in [-0.15, -0.1) is 0 Å². The number of rotatable bonds is 15. The van der Waals surface area contributed by atoms with Crippen LogP contribution in [0.15, 0.2) is 6.20 Å². The molecule has 0 spiro atoms. The molecule has 0 saturated heterocycles. The molecule has 3 heteroatoms. The maximum atomic E-state index is 5.83. The maximum absolute atomic E-state index is 5.83. The lowest BCUT2D eigenvalue weighted by molar-refractivity contribution is 0.538. The molecule has 0 aliphatic rings. The monoisotopic (exact) mass is 321 g/mol. The third-order valence-electron chi connectivity index (χ3n) is 4.66. The average Bonchev–Trinajstić information content (AvgIpc) is 3.01. The van der Waals surface area contributed by atoms with Crippen LogP contribution in [0.3, 0.4) is 0 Å². The Morgan fingerprint density at radius 3 is 1.78 bits per heavy atom. The summed E-state index contributed by atoms with van der Waals surface area (Å²) < 4.78 is 0. The van der Waals surface area contributed by atoms with Crippen LogP contribution in [0, 0.1) is 0 Å². The molecule has 0 amide bonds. The number of nitrogens with one attached hydrogen (secondary N) is 1. The van der Waals surface area contributed by atoms with Crippen molar-refractivity contribution in [2.45, 2.75) is 110 Å². The number of aromatic amines is 1. The molecular formula is C20H39N3. The van der Waals surface area contributed by atoms with Gasteiger partial charge in [-0.3, -0.25) is 0 Å². The number of aryl methyl sites for hydroxylation is 1. The van der Waals surface area contributed by atoms with Crippen molar-refractivity contribution in [3.05, 3.63) is 17.7 Å². The van der Waals surface area contributed by atoms with E-state index in [1.807, 2.05) is 13.1 Å². The molecular weight excluding hydrogens is 282 g/mol. The molecule has 1 aromatic rings. The fourth-order valence-electron chi connectivity index (χ4n) is 3.05. The van der Waals surface area contributed by atoms with E-state index < -0.39 is 0 Å². The molecule has 0 aliphatic carbocycles. The van der Waals surface area contributed by atoms with Crippen LogP contribution in [0.1, 0.15) is 115 Å². The van der Waals surface area contributed by atoms with Gasteiger partial charge >= 0.3 is 0 Å². The Bertz CT molecular complexity index is 371. The van der Waals surface area contributed by atoms with Crippen molar-refractivity contribution >= 4 is 0 Å². The van der Waals surface area contributed by atoms with E-state index in [1.165, 1.54) is 83.5 Å². The highest BCUT2D eigenvalue weighted by Gasteiger charge is 2.04. The minimum Gasteiger partial charge on any atom is -0.345 e. The molecule has 3 nitrogen and oxygen atoms in total. The Morgan fingerprint density at radius 1 is 0.870 bits per heavy atom. The number of unbranched alkanes of at least 4 members (excludes halogenated alkanes) is 12. The molecule has 0 aliphatic heterocycles. The number of nitrogens with two attached hydrogens (primary N) is 1. The van der Waals surface area contributed by atoms with Crippen molar-refractivity contribution in [2.75, 3.05) is 0 Å². The van der Waals surface area contributed by atoms with Gasteiger partial charge in [0.25, 0.3) is 0 Å². The Labute approximate surface area is 143 Å². The molecule has 3 N–H and O–H groups in total. The van der Waals surface area contributed by atoms with Crippen LogP contribution < -0.4 is 5.73 Å².